The van der Waals surface area contributed by atoms with E-state index in [4.69, 9.17) is 0 Å². The average Bonchev–Trinajstić information content (AvgIpc) is 3.02. The summed E-state index contributed by atoms with van der Waals surface area (Å²) in [4.78, 5) is 17.3. The van der Waals surface area contributed by atoms with Crippen LogP contribution in [-0.2, 0) is 4.79 Å². The van der Waals surface area contributed by atoms with Gasteiger partial charge in [0.1, 0.15) is 0 Å². The zero-order valence-corrected chi connectivity index (χ0v) is 12.5. The van der Waals surface area contributed by atoms with Crippen LogP contribution in [0.2, 0.25) is 0 Å². The SMILES string of the molecule is O=C(C1CSCCN1)N1CCCC(N2CCCC2)C1. The van der Waals surface area contributed by atoms with Crippen molar-refractivity contribution >= 4 is 17.7 Å². The van der Waals surface area contributed by atoms with Gasteiger partial charge in [0.05, 0.1) is 6.04 Å². The predicted octanol–water partition coefficient (Wildman–Crippen LogP) is 0.778. The molecule has 3 aliphatic heterocycles. The lowest BCUT2D eigenvalue weighted by molar-refractivity contribution is -0.135. The van der Waals surface area contributed by atoms with Crippen LogP contribution in [0.3, 0.4) is 0 Å². The maximum atomic E-state index is 12.5. The molecule has 3 fully saturated rings. The molecule has 1 N–H and O–H groups in total. The first-order valence-corrected chi connectivity index (χ1v) is 8.84. The summed E-state index contributed by atoms with van der Waals surface area (Å²) in [6, 6.07) is 0.688. The van der Waals surface area contributed by atoms with E-state index < -0.39 is 0 Å². The molecule has 0 aliphatic carbocycles. The summed E-state index contributed by atoms with van der Waals surface area (Å²) < 4.78 is 0. The number of rotatable bonds is 2. The second kappa shape index (κ2) is 6.46. The first-order valence-electron chi connectivity index (χ1n) is 7.68. The van der Waals surface area contributed by atoms with Crippen LogP contribution in [0.15, 0.2) is 0 Å². The number of thioether (sulfide) groups is 1. The maximum Gasteiger partial charge on any atom is 0.240 e. The van der Waals surface area contributed by atoms with Crippen molar-refractivity contribution in [2.45, 2.75) is 37.8 Å². The zero-order chi connectivity index (χ0) is 13.1. The average molecular weight is 283 g/mol. The monoisotopic (exact) mass is 283 g/mol. The Hall–Kier alpha value is -0.260. The number of likely N-dealkylation sites (tertiary alicyclic amines) is 2. The van der Waals surface area contributed by atoms with Gasteiger partial charge in [-0.05, 0) is 38.8 Å². The molecule has 2 unspecified atom stereocenters. The third kappa shape index (κ3) is 3.26. The van der Waals surface area contributed by atoms with Gasteiger partial charge in [-0.25, -0.2) is 0 Å². The van der Waals surface area contributed by atoms with Crippen LogP contribution in [0.25, 0.3) is 0 Å². The normalized spacial score (nSPS) is 33.6. The van der Waals surface area contributed by atoms with Crippen LogP contribution in [0, 0.1) is 0 Å². The number of hydrogen-bond donors (Lipinski definition) is 1. The van der Waals surface area contributed by atoms with Crippen molar-refractivity contribution in [2.75, 3.05) is 44.2 Å². The second-order valence-electron chi connectivity index (χ2n) is 5.91. The molecule has 0 aromatic heterocycles. The van der Waals surface area contributed by atoms with E-state index in [0.29, 0.717) is 11.9 Å². The molecule has 4 nitrogen and oxygen atoms in total. The molecule has 0 aromatic carbocycles. The largest absolute Gasteiger partial charge is 0.340 e. The number of nitrogens with zero attached hydrogens (tertiary/aromatic N) is 2. The molecule has 108 valence electrons. The Morgan fingerprint density at radius 3 is 2.74 bits per heavy atom. The van der Waals surface area contributed by atoms with Crippen molar-refractivity contribution < 1.29 is 4.79 Å². The van der Waals surface area contributed by atoms with Gasteiger partial charge >= 0.3 is 0 Å². The molecule has 3 rings (SSSR count). The summed E-state index contributed by atoms with van der Waals surface area (Å²) in [6.45, 7) is 5.38. The number of amides is 1. The summed E-state index contributed by atoms with van der Waals surface area (Å²) in [5.41, 5.74) is 0. The minimum atomic E-state index is 0.0658. The Bertz CT molecular complexity index is 314. The van der Waals surface area contributed by atoms with Crippen molar-refractivity contribution in [1.82, 2.24) is 15.1 Å². The first-order chi connectivity index (χ1) is 9.34. The van der Waals surface area contributed by atoms with Gasteiger partial charge in [0.2, 0.25) is 5.91 Å². The molecule has 0 bridgehead atoms. The molecule has 5 heteroatoms. The highest BCUT2D eigenvalue weighted by molar-refractivity contribution is 7.99. The van der Waals surface area contributed by atoms with E-state index >= 15 is 0 Å². The van der Waals surface area contributed by atoms with E-state index in [1.807, 2.05) is 11.8 Å². The van der Waals surface area contributed by atoms with Gasteiger partial charge < -0.3 is 10.2 Å². The Morgan fingerprint density at radius 2 is 2.00 bits per heavy atom. The van der Waals surface area contributed by atoms with Gasteiger partial charge in [0.25, 0.3) is 0 Å². The summed E-state index contributed by atoms with van der Waals surface area (Å²) >= 11 is 1.90. The summed E-state index contributed by atoms with van der Waals surface area (Å²) in [5.74, 6) is 2.43. The Morgan fingerprint density at radius 1 is 1.16 bits per heavy atom. The predicted molar refractivity (Wildman–Crippen MR) is 79.5 cm³/mol. The van der Waals surface area contributed by atoms with E-state index in [0.717, 1.165) is 31.1 Å². The van der Waals surface area contributed by atoms with Gasteiger partial charge in [0, 0.05) is 37.2 Å². The Balaban J connectivity index is 1.56. The maximum absolute atomic E-state index is 12.5. The zero-order valence-electron chi connectivity index (χ0n) is 11.6. The van der Waals surface area contributed by atoms with Crippen LogP contribution >= 0.6 is 11.8 Å². The highest BCUT2D eigenvalue weighted by Crippen LogP contribution is 2.21. The molecule has 0 radical (unpaired) electrons. The summed E-state index contributed by atoms with van der Waals surface area (Å²) in [6.07, 6.45) is 5.12. The quantitative estimate of drug-likeness (QED) is 0.812. The second-order valence-corrected chi connectivity index (χ2v) is 7.05. The fourth-order valence-corrected chi connectivity index (χ4v) is 4.43. The van der Waals surface area contributed by atoms with Gasteiger partial charge in [-0.3, -0.25) is 9.69 Å². The number of nitrogens with one attached hydrogen (secondary N) is 1. The van der Waals surface area contributed by atoms with Gasteiger partial charge in [0.15, 0.2) is 0 Å². The lowest BCUT2D eigenvalue weighted by atomic mass is 10.0. The Kier molecular flexibility index (Phi) is 4.66. The van der Waals surface area contributed by atoms with Crippen molar-refractivity contribution in [1.29, 1.82) is 0 Å². The number of piperidine rings is 1. The van der Waals surface area contributed by atoms with Crippen LogP contribution in [-0.4, -0.2) is 72.0 Å². The number of carbonyl (C=O) groups excluding carboxylic acids is 1. The van der Waals surface area contributed by atoms with E-state index in [-0.39, 0.29) is 6.04 Å². The summed E-state index contributed by atoms with van der Waals surface area (Å²) in [7, 11) is 0. The molecule has 0 spiro atoms. The van der Waals surface area contributed by atoms with Crippen molar-refractivity contribution in [3.8, 4) is 0 Å². The topological polar surface area (TPSA) is 35.6 Å². The molecular formula is C14H25N3OS. The van der Waals surface area contributed by atoms with Gasteiger partial charge in [-0.2, -0.15) is 11.8 Å². The first kappa shape index (κ1) is 13.7. The molecule has 19 heavy (non-hydrogen) atoms. The standard InChI is InChI=1S/C14H25N3OS/c18-14(13-11-19-9-5-15-13)17-8-3-4-12(10-17)16-6-1-2-7-16/h12-13,15H,1-11H2. The fraction of sp³-hybridized carbons (Fsp3) is 0.929. The number of carbonyl (C=O) groups is 1. The molecule has 2 atom stereocenters. The van der Waals surface area contributed by atoms with E-state index in [1.165, 1.54) is 38.8 Å². The molecular weight excluding hydrogens is 258 g/mol. The third-order valence-corrected chi connectivity index (χ3v) is 5.65. The van der Waals surface area contributed by atoms with Gasteiger partial charge in [-0.15, -0.1) is 0 Å². The molecule has 3 saturated heterocycles. The minimum absolute atomic E-state index is 0.0658. The minimum Gasteiger partial charge on any atom is -0.340 e. The highest BCUT2D eigenvalue weighted by atomic mass is 32.2. The van der Waals surface area contributed by atoms with E-state index in [1.54, 1.807) is 0 Å². The smallest absolute Gasteiger partial charge is 0.240 e. The van der Waals surface area contributed by atoms with Crippen LogP contribution in [0.5, 0.6) is 0 Å². The highest BCUT2D eigenvalue weighted by Gasteiger charge is 2.32. The summed E-state index contributed by atoms with van der Waals surface area (Å²) in [5, 5.41) is 3.37. The molecule has 3 aliphatic rings. The molecule has 1 amide bonds. The third-order valence-electron chi connectivity index (χ3n) is 4.58. The van der Waals surface area contributed by atoms with Crippen molar-refractivity contribution in [3.63, 3.8) is 0 Å². The van der Waals surface area contributed by atoms with Gasteiger partial charge in [-0.1, -0.05) is 0 Å². The van der Waals surface area contributed by atoms with Crippen LogP contribution in [0.4, 0.5) is 0 Å². The molecule has 0 aromatic rings. The molecule has 3 heterocycles. The van der Waals surface area contributed by atoms with E-state index in [2.05, 4.69) is 15.1 Å². The van der Waals surface area contributed by atoms with Crippen LogP contribution < -0.4 is 5.32 Å². The van der Waals surface area contributed by atoms with Crippen molar-refractivity contribution in [2.24, 2.45) is 0 Å². The lowest BCUT2D eigenvalue weighted by Crippen LogP contribution is -2.55. The Labute approximate surface area is 120 Å². The fourth-order valence-electron chi connectivity index (χ4n) is 3.50. The molecule has 0 saturated carbocycles. The van der Waals surface area contributed by atoms with E-state index in [9.17, 15) is 4.79 Å². The number of hydrogen-bond acceptors (Lipinski definition) is 4. The lowest BCUT2D eigenvalue weighted by Gasteiger charge is -2.39. The van der Waals surface area contributed by atoms with Crippen LogP contribution in [0.1, 0.15) is 25.7 Å². The van der Waals surface area contributed by atoms with Crippen molar-refractivity contribution in [3.05, 3.63) is 0 Å².